The van der Waals surface area contributed by atoms with Gasteiger partial charge in [0.05, 0.1) is 19.7 Å². The summed E-state index contributed by atoms with van der Waals surface area (Å²) in [6, 6.07) is 11.6. The number of nitrogen functional groups attached to an aromatic ring is 1. The molecule has 0 spiro atoms. The van der Waals surface area contributed by atoms with Gasteiger partial charge in [-0.05, 0) is 30.7 Å². The number of benzene rings is 2. The SMILES string of the molecule is COc1ccc(CNc2nc(N)c3cccc(C)c3n2)c(OC)c1. The lowest BCUT2D eigenvalue weighted by molar-refractivity contribution is 0.391. The Hall–Kier alpha value is -3.02. The average molecular weight is 324 g/mol. The van der Waals surface area contributed by atoms with E-state index in [4.69, 9.17) is 15.2 Å². The van der Waals surface area contributed by atoms with Gasteiger partial charge in [0.1, 0.15) is 17.3 Å². The predicted octanol–water partition coefficient (Wildman–Crippen LogP) is 3.15. The van der Waals surface area contributed by atoms with Crippen LogP contribution in [0.1, 0.15) is 11.1 Å². The van der Waals surface area contributed by atoms with Crippen molar-refractivity contribution in [2.24, 2.45) is 0 Å². The van der Waals surface area contributed by atoms with Gasteiger partial charge in [-0.25, -0.2) is 4.98 Å². The van der Waals surface area contributed by atoms with Gasteiger partial charge in [0.2, 0.25) is 5.95 Å². The molecule has 0 saturated carbocycles. The van der Waals surface area contributed by atoms with Crippen LogP contribution in [0, 0.1) is 6.92 Å². The van der Waals surface area contributed by atoms with E-state index in [1.165, 1.54) is 0 Å². The molecule has 1 heterocycles. The van der Waals surface area contributed by atoms with Crippen molar-refractivity contribution in [3.05, 3.63) is 47.5 Å². The van der Waals surface area contributed by atoms with Crippen molar-refractivity contribution >= 4 is 22.7 Å². The fourth-order valence-corrected chi connectivity index (χ4v) is 2.57. The van der Waals surface area contributed by atoms with Crippen LogP contribution < -0.4 is 20.5 Å². The van der Waals surface area contributed by atoms with Gasteiger partial charge >= 0.3 is 0 Å². The summed E-state index contributed by atoms with van der Waals surface area (Å²) in [6.07, 6.45) is 0. The highest BCUT2D eigenvalue weighted by Gasteiger charge is 2.09. The Morgan fingerprint density at radius 2 is 1.92 bits per heavy atom. The molecule has 1 aromatic heterocycles. The third-order valence-electron chi connectivity index (χ3n) is 3.89. The first-order valence-corrected chi connectivity index (χ1v) is 7.60. The number of hydrogen-bond donors (Lipinski definition) is 2. The molecule has 6 heteroatoms. The van der Waals surface area contributed by atoms with Crippen molar-refractivity contribution in [1.82, 2.24) is 9.97 Å². The number of aryl methyl sites for hydroxylation is 1. The van der Waals surface area contributed by atoms with E-state index in [1.807, 2.05) is 43.3 Å². The fourth-order valence-electron chi connectivity index (χ4n) is 2.57. The minimum Gasteiger partial charge on any atom is -0.497 e. The van der Waals surface area contributed by atoms with Gasteiger partial charge in [0.15, 0.2) is 0 Å². The molecular weight excluding hydrogens is 304 g/mol. The van der Waals surface area contributed by atoms with Gasteiger partial charge in [-0.2, -0.15) is 4.98 Å². The smallest absolute Gasteiger partial charge is 0.225 e. The highest BCUT2D eigenvalue weighted by Crippen LogP contribution is 2.26. The highest BCUT2D eigenvalue weighted by atomic mass is 16.5. The Bertz CT molecular complexity index is 880. The summed E-state index contributed by atoms with van der Waals surface area (Å²) >= 11 is 0. The molecule has 0 amide bonds. The Morgan fingerprint density at radius 1 is 1.08 bits per heavy atom. The molecule has 3 rings (SSSR count). The van der Waals surface area contributed by atoms with Crippen molar-refractivity contribution in [1.29, 1.82) is 0 Å². The number of para-hydroxylation sites is 1. The minimum atomic E-state index is 0.466. The predicted molar refractivity (Wildman–Crippen MR) is 95.6 cm³/mol. The monoisotopic (exact) mass is 324 g/mol. The zero-order valence-corrected chi connectivity index (χ0v) is 14.0. The third-order valence-corrected chi connectivity index (χ3v) is 3.89. The number of methoxy groups -OCH3 is 2. The van der Waals surface area contributed by atoms with Crippen LogP contribution in [-0.4, -0.2) is 24.2 Å². The normalized spacial score (nSPS) is 10.6. The van der Waals surface area contributed by atoms with E-state index in [0.717, 1.165) is 33.5 Å². The van der Waals surface area contributed by atoms with Crippen molar-refractivity contribution in [2.45, 2.75) is 13.5 Å². The van der Waals surface area contributed by atoms with Gasteiger partial charge in [0.25, 0.3) is 0 Å². The molecule has 3 aromatic rings. The fraction of sp³-hybridized carbons (Fsp3) is 0.222. The van der Waals surface area contributed by atoms with E-state index < -0.39 is 0 Å². The molecule has 3 N–H and O–H groups in total. The number of nitrogens with one attached hydrogen (secondary N) is 1. The lowest BCUT2D eigenvalue weighted by Crippen LogP contribution is -2.07. The molecule has 0 radical (unpaired) electrons. The molecular formula is C18H20N4O2. The molecule has 24 heavy (non-hydrogen) atoms. The lowest BCUT2D eigenvalue weighted by atomic mass is 10.1. The van der Waals surface area contributed by atoms with Crippen LogP contribution in [0.4, 0.5) is 11.8 Å². The van der Waals surface area contributed by atoms with Crippen molar-refractivity contribution in [3.8, 4) is 11.5 Å². The molecule has 0 atom stereocenters. The molecule has 0 bridgehead atoms. The van der Waals surface area contributed by atoms with E-state index in [-0.39, 0.29) is 0 Å². The van der Waals surface area contributed by atoms with E-state index in [0.29, 0.717) is 18.3 Å². The minimum absolute atomic E-state index is 0.466. The topological polar surface area (TPSA) is 82.3 Å². The lowest BCUT2D eigenvalue weighted by Gasteiger charge is -2.12. The standard InChI is InChI=1S/C18H20N4O2/c1-11-5-4-6-14-16(11)21-18(22-17(14)19)20-10-12-7-8-13(23-2)9-15(12)24-3/h4-9H,10H2,1-3H3,(H3,19,20,21,22). The van der Waals surface area contributed by atoms with Crippen LogP contribution in [0.5, 0.6) is 11.5 Å². The molecule has 2 aromatic carbocycles. The summed E-state index contributed by atoms with van der Waals surface area (Å²) in [5.41, 5.74) is 8.95. The van der Waals surface area contributed by atoms with Crippen LogP contribution >= 0.6 is 0 Å². The molecule has 0 fully saturated rings. The largest absolute Gasteiger partial charge is 0.497 e. The maximum absolute atomic E-state index is 6.06. The molecule has 0 aliphatic carbocycles. The quantitative estimate of drug-likeness (QED) is 0.750. The number of fused-ring (bicyclic) bond motifs is 1. The van der Waals surface area contributed by atoms with Gasteiger partial charge in [0, 0.05) is 23.6 Å². The Morgan fingerprint density at radius 3 is 2.67 bits per heavy atom. The summed E-state index contributed by atoms with van der Waals surface area (Å²) in [4.78, 5) is 8.91. The van der Waals surface area contributed by atoms with E-state index in [2.05, 4.69) is 15.3 Å². The molecule has 124 valence electrons. The second kappa shape index (κ2) is 6.62. The number of rotatable bonds is 5. The highest BCUT2D eigenvalue weighted by molar-refractivity contribution is 5.91. The Balaban J connectivity index is 1.87. The van der Waals surface area contributed by atoms with Crippen LogP contribution in [0.25, 0.3) is 10.9 Å². The van der Waals surface area contributed by atoms with Crippen molar-refractivity contribution in [3.63, 3.8) is 0 Å². The molecule has 0 aliphatic rings. The summed E-state index contributed by atoms with van der Waals surface area (Å²) < 4.78 is 10.6. The van der Waals surface area contributed by atoms with Crippen LogP contribution in [-0.2, 0) is 6.54 Å². The molecule has 0 unspecified atom stereocenters. The van der Waals surface area contributed by atoms with Crippen molar-refractivity contribution in [2.75, 3.05) is 25.3 Å². The zero-order chi connectivity index (χ0) is 17.1. The first-order valence-electron chi connectivity index (χ1n) is 7.60. The van der Waals surface area contributed by atoms with Gasteiger partial charge in [-0.15, -0.1) is 0 Å². The van der Waals surface area contributed by atoms with Crippen LogP contribution in [0.2, 0.25) is 0 Å². The molecule has 6 nitrogen and oxygen atoms in total. The zero-order valence-electron chi connectivity index (χ0n) is 14.0. The second-order valence-electron chi connectivity index (χ2n) is 5.43. The number of nitrogens with two attached hydrogens (primary N) is 1. The maximum Gasteiger partial charge on any atom is 0.225 e. The Labute approximate surface area is 140 Å². The summed E-state index contributed by atoms with van der Waals surface area (Å²) in [6.45, 7) is 2.52. The number of ether oxygens (including phenoxy) is 2. The summed E-state index contributed by atoms with van der Waals surface area (Å²) in [5, 5.41) is 4.07. The first-order chi connectivity index (χ1) is 11.6. The number of anilines is 2. The summed E-state index contributed by atoms with van der Waals surface area (Å²) in [7, 11) is 3.26. The van der Waals surface area contributed by atoms with Crippen LogP contribution in [0.15, 0.2) is 36.4 Å². The Kier molecular flexibility index (Phi) is 4.37. The molecule has 0 aliphatic heterocycles. The average Bonchev–Trinajstić information content (AvgIpc) is 2.60. The second-order valence-corrected chi connectivity index (χ2v) is 5.43. The van der Waals surface area contributed by atoms with Gasteiger partial charge < -0.3 is 20.5 Å². The van der Waals surface area contributed by atoms with Gasteiger partial charge in [-0.1, -0.05) is 12.1 Å². The number of hydrogen-bond acceptors (Lipinski definition) is 6. The third kappa shape index (κ3) is 3.03. The first kappa shape index (κ1) is 15.9. The maximum atomic E-state index is 6.06. The summed E-state index contributed by atoms with van der Waals surface area (Å²) in [5.74, 6) is 2.45. The number of nitrogens with zero attached hydrogens (tertiary/aromatic N) is 2. The van der Waals surface area contributed by atoms with E-state index in [1.54, 1.807) is 14.2 Å². The van der Waals surface area contributed by atoms with E-state index >= 15 is 0 Å². The van der Waals surface area contributed by atoms with E-state index in [9.17, 15) is 0 Å². The van der Waals surface area contributed by atoms with Crippen LogP contribution in [0.3, 0.4) is 0 Å². The number of aromatic nitrogens is 2. The van der Waals surface area contributed by atoms with Gasteiger partial charge in [-0.3, -0.25) is 0 Å². The molecule has 0 saturated heterocycles. The van der Waals surface area contributed by atoms with Crippen molar-refractivity contribution < 1.29 is 9.47 Å².